The summed E-state index contributed by atoms with van der Waals surface area (Å²) in [6.07, 6.45) is 2.16. The second-order valence-corrected chi connectivity index (χ2v) is 6.54. The SMILES string of the molecule is COc1cc2c(cc1OC)CN(C(=O)CCc1ccccc1)C(C)C2. The molecule has 3 rings (SSSR count). The summed E-state index contributed by atoms with van der Waals surface area (Å²) in [5.41, 5.74) is 3.58. The predicted molar refractivity (Wildman–Crippen MR) is 98.0 cm³/mol. The van der Waals surface area contributed by atoms with Gasteiger partial charge in [-0.2, -0.15) is 0 Å². The monoisotopic (exact) mass is 339 g/mol. The average Bonchev–Trinajstić information content (AvgIpc) is 2.65. The molecule has 1 amide bonds. The maximum absolute atomic E-state index is 12.7. The van der Waals surface area contributed by atoms with Crippen molar-refractivity contribution in [2.45, 2.75) is 38.8 Å². The van der Waals surface area contributed by atoms with Gasteiger partial charge in [0.1, 0.15) is 0 Å². The number of nitrogens with zero attached hydrogens (tertiary/aromatic N) is 1. The van der Waals surface area contributed by atoms with Gasteiger partial charge in [0.25, 0.3) is 0 Å². The van der Waals surface area contributed by atoms with Crippen LogP contribution in [-0.4, -0.2) is 31.1 Å². The topological polar surface area (TPSA) is 38.8 Å². The van der Waals surface area contributed by atoms with Crippen molar-refractivity contribution >= 4 is 5.91 Å². The van der Waals surface area contributed by atoms with Crippen molar-refractivity contribution in [1.82, 2.24) is 4.90 Å². The molecule has 4 heteroatoms. The number of ether oxygens (including phenoxy) is 2. The first-order chi connectivity index (χ1) is 12.1. The summed E-state index contributed by atoms with van der Waals surface area (Å²) >= 11 is 0. The maximum Gasteiger partial charge on any atom is 0.223 e. The van der Waals surface area contributed by atoms with Crippen LogP contribution in [-0.2, 0) is 24.2 Å². The Kier molecular flexibility index (Phi) is 5.27. The summed E-state index contributed by atoms with van der Waals surface area (Å²) in [4.78, 5) is 14.7. The largest absolute Gasteiger partial charge is 0.493 e. The minimum Gasteiger partial charge on any atom is -0.493 e. The van der Waals surface area contributed by atoms with Crippen LogP contribution in [0.2, 0.25) is 0 Å². The highest BCUT2D eigenvalue weighted by molar-refractivity contribution is 5.77. The van der Waals surface area contributed by atoms with Crippen LogP contribution in [0.1, 0.15) is 30.0 Å². The Bertz CT molecular complexity index is 742. The molecule has 0 fully saturated rings. The van der Waals surface area contributed by atoms with E-state index >= 15 is 0 Å². The third-order valence-corrected chi connectivity index (χ3v) is 4.88. The first-order valence-electron chi connectivity index (χ1n) is 8.69. The van der Waals surface area contributed by atoms with E-state index in [9.17, 15) is 4.79 Å². The Hall–Kier alpha value is -2.49. The molecule has 0 saturated heterocycles. The van der Waals surface area contributed by atoms with Crippen molar-refractivity contribution in [2.75, 3.05) is 14.2 Å². The molecule has 1 aliphatic rings. The molecular weight excluding hydrogens is 314 g/mol. The van der Waals surface area contributed by atoms with Crippen LogP contribution in [0.3, 0.4) is 0 Å². The summed E-state index contributed by atoms with van der Waals surface area (Å²) < 4.78 is 10.8. The lowest BCUT2D eigenvalue weighted by atomic mass is 9.93. The van der Waals surface area contributed by atoms with Crippen molar-refractivity contribution in [3.05, 3.63) is 59.2 Å². The average molecular weight is 339 g/mol. The molecule has 1 heterocycles. The van der Waals surface area contributed by atoms with Crippen molar-refractivity contribution in [3.8, 4) is 11.5 Å². The molecule has 0 bridgehead atoms. The molecule has 0 radical (unpaired) electrons. The molecule has 0 aromatic heterocycles. The minimum absolute atomic E-state index is 0.189. The van der Waals surface area contributed by atoms with Gasteiger partial charge in [0.15, 0.2) is 11.5 Å². The standard InChI is InChI=1S/C21H25NO3/c1-15-11-17-12-19(24-2)20(25-3)13-18(17)14-22(15)21(23)10-9-16-7-5-4-6-8-16/h4-8,12-13,15H,9-11,14H2,1-3H3. The predicted octanol–water partition coefficient (Wildman–Crippen LogP) is 3.61. The van der Waals surface area contributed by atoms with E-state index in [1.165, 1.54) is 11.1 Å². The van der Waals surface area contributed by atoms with E-state index in [1.807, 2.05) is 35.2 Å². The van der Waals surface area contributed by atoms with Gasteiger partial charge in [-0.05, 0) is 48.6 Å². The fourth-order valence-electron chi connectivity index (χ4n) is 3.44. The van der Waals surface area contributed by atoms with E-state index < -0.39 is 0 Å². The quantitative estimate of drug-likeness (QED) is 0.835. The number of amides is 1. The molecule has 2 aromatic carbocycles. The van der Waals surface area contributed by atoms with Gasteiger partial charge in [-0.15, -0.1) is 0 Å². The zero-order valence-corrected chi connectivity index (χ0v) is 15.1. The van der Waals surface area contributed by atoms with Crippen LogP contribution in [0.25, 0.3) is 0 Å². The van der Waals surface area contributed by atoms with Gasteiger partial charge in [0, 0.05) is 19.0 Å². The summed E-state index contributed by atoms with van der Waals surface area (Å²) in [6.45, 7) is 2.74. The number of hydrogen-bond donors (Lipinski definition) is 0. The Morgan fingerprint density at radius 2 is 1.72 bits per heavy atom. The number of hydrogen-bond acceptors (Lipinski definition) is 3. The normalized spacial score (nSPS) is 16.3. The van der Waals surface area contributed by atoms with Crippen LogP contribution in [0.4, 0.5) is 0 Å². The molecular formula is C21H25NO3. The molecule has 0 aliphatic carbocycles. The van der Waals surface area contributed by atoms with Gasteiger partial charge in [-0.1, -0.05) is 30.3 Å². The lowest BCUT2D eigenvalue weighted by Gasteiger charge is -2.35. The molecule has 1 atom stereocenters. The number of methoxy groups -OCH3 is 2. The number of benzene rings is 2. The zero-order chi connectivity index (χ0) is 17.8. The smallest absolute Gasteiger partial charge is 0.223 e. The van der Waals surface area contributed by atoms with E-state index in [0.29, 0.717) is 18.7 Å². The number of rotatable bonds is 5. The number of carbonyl (C=O) groups excluding carboxylic acids is 1. The Morgan fingerprint density at radius 3 is 2.36 bits per heavy atom. The third kappa shape index (κ3) is 3.78. The van der Waals surface area contributed by atoms with E-state index in [4.69, 9.17) is 9.47 Å². The number of carbonyl (C=O) groups is 1. The molecule has 132 valence electrons. The Balaban J connectivity index is 1.73. The molecule has 0 N–H and O–H groups in total. The second-order valence-electron chi connectivity index (χ2n) is 6.54. The zero-order valence-electron chi connectivity index (χ0n) is 15.1. The lowest BCUT2D eigenvalue weighted by Crippen LogP contribution is -2.42. The van der Waals surface area contributed by atoms with Crippen LogP contribution < -0.4 is 9.47 Å². The lowest BCUT2D eigenvalue weighted by molar-refractivity contribution is -0.134. The molecule has 0 saturated carbocycles. The molecule has 25 heavy (non-hydrogen) atoms. The summed E-state index contributed by atoms with van der Waals surface area (Å²) in [5.74, 6) is 1.67. The highest BCUT2D eigenvalue weighted by atomic mass is 16.5. The third-order valence-electron chi connectivity index (χ3n) is 4.88. The van der Waals surface area contributed by atoms with Gasteiger partial charge in [0.2, 0.25) is 5.91 Å². The van der Waals surface area contributed by atoms with Crippen molar-refractivity contribution in [3.63, 3.8) is 0 Å². The van der Waals surface area contributed by atoms with E-state index in [0.717, 1.165) is 24.2 Å². The van der Waals surface area contributed by atoms with Crippen LogP contribution in [0.5, 0.6) is 11.5 Å². The van der Waals surface area contributed by atoms with Crippen molar-refractivity contribution in [2.24, 2.45) is 0 Å². The van der Waals surface area contributed by atoms with Gasteiger partial charge in [0.05, 0.1) is 14.2 Å². The van der Waals surface area contributed by atoms with Crippen molar-refractivity contribution < 1.29 is 14.3 Å². The number of aryl methyl sites for hydroxylation is 1. The van der Waals surface area contributed by atoms with E-state index in [2.05, 4.69) is 19.1 Å². The molecule has 4 nitrogen and oxygen atoms in total. The number of fused-ring (bicyclic) bond motifs is 1. The Labute approximate surface area is 149 Å². The Morgan fingerprint density at radius 1 is 1.08 bits per heavy atom. The summed E-state index contributed by atoms with van der Waals surface area (Å²) in [5, 5.41) is 0. The molecule has 1 aliphatic heterocycles. The van der Waals surface area contributed by atoms with Gasteiger partial charge >= 0.3 is 0 Å². The molecule has 0 spiro atoms. The summed E-state index contributed by atoms with van der Waals surface area (Å²) in [7, 11) is 3.29. The van der Waals surface area contributed by atoms with Crippen LogP contribution in [0.15, 0.2) is 42.5 Å². The highest BCUT2D eigenvalue weighted by Crippen LogP contribution is 2.34. The van der Waals surface area contributed by atoms with Gasteiger partial charge < -0.3 is 14.4 Å². The first kappa shape index (κ1) is 17.3. The van der Waals surface area contributed by atoms with Gasteiger partial charge in [-0.25, -0.2) is 0 Å². The molecule has 1 unspecified atom stereocenters. The maximum atomic E-state index is 12.7. The fraction of sp³-hybridized carbons (Fsp3) is 0.381. The highest BCUT2D eigenvalue weighted by Gasteiger charge is 2.27. The van der Waals surface area contributed by atoms with Crippen LogP contribution >= 0.6 is 0 Å². The van der Waals surface area contributed by atoms with Gasteiger partial charge in [-0.3, -0.25) is 4.79 Å². The summed E-state index contributed by atoms with van der Waals surface area (Å²) in [6, 6.07) is 14.4. The van der Waals surface area contributed by atoms with Crippen LogP contribution in [0, 0.1) is 0 Å². The molecule has 2 aromatic rings. The fourth-order valence-corrected chi connectivity index (χ4v) is 3.44. The van der Waals surface area contributed by atoms with E-state index in [-0.39, 0.29) is 11.9 Å². The van der Waals surface area contributed by atoms with E-state index in [1.54, 1.807) is 14.2 Å². The second kappa shape index (κ2) is 7.60. The first-order valence-corrected chi connectivity index (χ1v) is 8.69. The minimum atomic E-state index is 0.189. The van der Waals surface area contributed by atoms with Crippen molar-refractivity contribution in [1.29, 1.82) is 0 Å².